The first kappa shape index (κ1) is 11.7. The van der Waals surface area contributed by atoms with Crippen LogP contribution in [0.1, 0.15) is 29.9 Å². The van der Waals surface area contributed by atoms with Gasteiger partial charge < -0.3 is 10.3 Å². The minimum absolute atomic E-state index is 0.395. The van der Waals surface area contributed by atoms with Gasteiger partial charge in [0.2, 0.25) is 0 Å². The molecule has 0 bridgehead atoms. The molecule has 3 nitrogen and oxygen atoms in total. The van der Waals surface area contributed by atoms with Gasteiger partial charge in [-0.15, -0.1) is 0 Å². The Morgan fingerprint density at radius 1 is 1.60 bits per heavy atom. The van der Waals surface area contributed by atoms with E-state index in [9.17, 15) is 13.6 Å². The van der Waals surface area contributed by atoms with E-state index in [0.717, 1.165) is 6.92 Å². The number of carbonyl (C=O) groups excluding carboxylic acids is 1. The fourth-order valence-electron chi connectivity index (χ4n) is 1.10. The molecule has 1 atom stereocenters. The summed E-state index contributed by atoms with van der Waals surface area (Å²) in [7, 11) is 0. The third-order valence-electron chi connectivity index (χ3n) is 2.31. The van der Waals surface area contributed by atoms with E-state index in [2.05, 4.69) is 10.3 Å². The molecule has 0 saturated heterocycles. The van der Waals surface area contributed by atoms with Crippen molar-refractivity contribution in [1.82, 2.24) is 10.3 Å². The number of rotatable bonds is 3. The zero-order valence-electron chi connectivity index (χ0n) is 8.90. The quantitative estimate of drug-likeness (QED) is 0.798. The predicted octanol–water partition coefficient (Wildman–Crippen LogP) is 2.10. The molecule has 1 aromatic rings. The number of alkyl halides is 2. The molecule has 84 valence electrons. The molecule has 0 aromatic carbocycles. The van der Waals surface area contributed by atoms with Crippen LogP contribution < -0.4 is 5.32 Å². The van der Waals surface area contributed by atoms with Crippen molar-refractivity contribution in [1.29, 1.82) is 0 Å². The lowest BCUT2D eigenvalue weighted by Gasteiger charge is -2.20. The van der Waals surface area contributed by atoms with E-state index in [1.807, 2.05) is 0 Å². The van der Waals surface area contributed by atoms with Crippen LogP contribution in [0.2, 0.25) is 0 Å². The Hall–Kier alpha value is -1.39. The van der Waals surface area contributed by atoms with Gasteiger partial charge in [0.05, 0.1) is 11.6 Å². The maximum absolute atomic E-state index is 12.8. The van der Waals surface area contributed by atoms with Gasteiger partial charge in [-0.1, -0.05) is 0 Å². The molecule has 15 heavy (non-hydrogen) atoms. The van der Waals surface area contributed by atoms with Crippen molar-refractivity contribution in [3.05, 3.63) is 23.5 Å². The average molecular weight is 216 g/mol. The number of hydrogen-bond acceptors (Lipinski definition) is 1. The first-order valence-corrected chi connectivity index (χ1v) is 4.65. The van der Waals surface area contributed by atoms with Crippen LogP contribution in [0.25, 0.3) is 0 Å². The van der Waals surface area contributed by atoms with Crippen LogP contribution >= 0.6 is 0 Å². The summed E-state index contributed by atoms with van der Waals surface area (Å²) in [6.45, 7) is 3.77. The molecule has 0 aliphatic heterocycles. The molecule has 1 rings (SSSR count). The van der Waals surface area contributed by atoms with E-state index >= 15 is 0 Å². The number of carbonyl (C=O) groups is 1. The monoisotopic (exact) mass is 216 g/mol. The molecule has 0 fully saturated rings. The standard InChI is InChI=1S/C10H14F2N2O/c1-6-8(4-5-13-6)9(15)14-7(2)10(3,11)12/h4-5,7,13H,1-3H3,(H,14,15)/t7-/m0/s1. The van der Waals surface area contributed by atoms with Crippen molar-refractivity contribution < 1.29 is 13.6 Å². The van der Waals surface area contributed by atoms with Gasteiger partial charge in [-0.2, -0.15) is 0 Å². The number of nitrogens with one attached hydrogen (secondary N) is 2. The van der Waals surface area contributed by atoms with Gasteiger partial charge in [-0.25, -0.2) is 8.78 Å². The summed E-state index contributed by atoms with van der Waals surface area (Å²) in [5.74, 6) is -3.40. The van der Waals surface area contributed by atoms with Crippen molar-refractivity contribution in [2.24, 2.45) is 0 Å². The van der Waals surface area contributed by atoms with E-state index in [1.54, 1.807) is 19.2 Å². The fourth-order valence-corrected chi connectivity index (χ4v) is 1.10. The molecule has 0 spiro atoms. The second-order valence-electron chi connectivity index (χ2n) is 3.67. The molecule has 1 aromatic heterocycles. The number of halogens is 2. The highest BCUT2D eigenvalue weighted by atomic mass is 19.3. The van der Waals surface area contributed by atoms with Crippen molar-refractivity contribution in [3.8, 4) is 0 Å². The first-order valence-electron chi connectivity index (χ1n) is 4.65. The molecule has 0 aliphatic carbocycles. The van der Waals surface area contributed by atoms with Crippen LogP contribution in [0.4, 0.5) is 8.78 Å². The lowest BCUT2D eigenvalue weighted by molar-refractivity contribution is -0.0108. The van der Waals surface area contributed by atoms with Crippen LogP contribution in [0.15, 0.2) is 12.3 Å². The molecule has 5 heteroatoms. The van der Waals surface area contributed by atoms with Crippen molar-refractivity contribution in [3.63, 3.8) is 0 Å². The third-order valence-corrected chi connectivity index (χ3v) is 2.31. The van der Waals surface area contributed by atoms with Gasteiger partial charge in [0, 0.05) is 18.8 Å². The smallest absolute Gasteiger partial charge is 0.264 e. The Morgan fingerprint density at radius 3 is 2.60 bits per heavy atom. The van der Waals surface area contributed by atoms with Crippen LogP contribution in [-0.4, -0.2) is 22.9 Å². The maximum Gasteiger partial charge on any atom is 0.264 e. The number of H-pyrrole nitrogens is 1. The largest absolute Gasteiger partial charge is 0.365 e. The highest BCUT2D eigenvalue weighted by Crippen LogP contribution is 2.17. The number of aromatic nitrogens is 1. The predicted molar refractivity (Wildman–Crippen MR) is 53.1 cm³/mol. The van der Waals surface area contributed by atoms with E-state index in [4.69, 9.17) is 0 Å². The summed E-state index contributed by atoms with van der Waals surface area (Å²) < 4.78 is 25.6. The maximum atomic E-state index is 12.8. The summed E-state index contributed by atoms with van der Waals surface area (Å²) in [5, 5.41) is 2.25. The molecule has 0 aliphatic rings. The van der Waals surface area contributed by atoms with Crippen LogP contribution in [0, 0.1) is 6.92 Å². The Labute approximate surface area is 86.9 Å². The molecular formula is C10H14F2N2O. The lowest BCUT2D eigenvalue weighted by atomic mass is 10.1. The van der Waals surface area contributed by atoms with Gasteiger partial charge in [0.25, 0.3) is 11.8 Å². The highest BCUT2D eigenvalue weighted by molar-refractivity contribution is 5.95. The van der Waals surface area contributed by atoms with Gasteiger partial charge >= 0.3 is 0 Å². The SMILES string of the molecule is Cc1[nH]ccc1C(=O)N[C@@H](C)C(C)(F)F. The van der Waals surface area contributed by atoms with Crippen LogP contribution in [0.5, 0.6) is 0 Å². The molecule has 0 unspecified atom stereocenters. The number of aryl methyl sites for hydroxylation is 1. The minimum atomic E-state index is -2.92. The molecule has 0 saturated carbocycles. The van der Waals surface area contributed by atoms with Gasteiger partial charge in [0.1, 0.15) is 0 Å². The number of aromatic amines is 1. The Morgan fingerprint density at radius 2 is 2.20 bits per heavy atom. The fraction of sp³-hybridized carbons (Fsp3) is 0.500. The Bertz CT molecular complexity index is 355. The van der Waals surface area contributed by atoms with E-state index in [1.165, 1.54) is 6.92 Å². The van der Waals surface area contributed by atoms with Crippen LogP contribution in [-0.2, 0) is 0 Å². The molecule has 2 N–H and O–H groups in total. The second-order valence-corrected chi connectivity index (χ2v) is 3.67. The normalized spacial score (nSPS) is 13.7. The molecule has 1 heterocycles. The topological polar surface area (TPSA) is 44.9 Å². The van der Waals surface area contributed by atoms with Crippen LogP contribution in [0.3, 0.4) is 0 Å². The summed E-state index contributed by atoms with van der Waals surface area (Å²) in [4.78, 5) is 14.3. The van der Waals surface area contributed by atoms with E-state index in [-0.39, 0.29) is 0 Å². The van der Waals surface area contributed by atoms with Crippen molar-refractivity contribution >= 4 is 5.91 Å². The van der Waals surface area contributed by atoms with E-state index in [0.29, 0.717) is 11.3 Å². The summed E-state index contributed by atoms with van der Waals surface area (Å²) in [5.41, 5.74) is 1.06. The average Bonchev–Trinajstić information content (AvgIpc) is 2.49. The summed E-state index contributed by atoms with van der Waals surface area (Å²) in [6, 6.07) is 0.380. The first-order chi connectivity index (χ1) is 6.82. The van der Waals surface area contributed by atoms with Crippen molar-refractivity contribution in [2.45, 2.75) is 32.7 Å². The van der Waals surface area contributed by atoms with Gasteiger partial charge in [0.15, 0.2) is 0 Å². The van der Waals surface area contributed by atoms with E-state index < -0.39 is 17.9 Å². The Kier molecular flexibility index (Phi) is 3.12. The zero-order valence-corrected chi connectivity index (χ0v) is 8.90. The number of amides is 1. The molecule has 0 radical (unpaired) electrons. The summed E-state index contributed by atoms with van der Waals surface area (Å²) >= 11 is 0. The minimum Gasteiger partial charge on any atom is -0.365 e. The lowest BCUT2D eigenvalue weighted by Crippen LogP contribution is -2.43. The Balaban J connectivity index is 2.69. The molecular weight excluding hydrogens is 202 g/mol. The van der Waals surface area contributed by atoms with Gasteiger partial charge in [-0.3, -0.25) is 4.79 Å². The van der Waals surface area contributed by atoms with Gasteiger partial charge in [-0.05, 0) is 19.9 Å². The third kappa shape index (κ3) is 2.78. The zero-order chi connectivity index (χ0) is 11.6. The highest BCUT2D eigenvalue weighted by Gasteiger charge is 2.31. The number of hydrogen-bond donors (Lipinski definition) is 2. The second kappa shape index (κ2) is 4.00. The summed E-state index contributed by atoms with van der Waals surface area (Å²) in [6.07, 6.45) is 1.60. The molecule has 1 amide bonds. The van der Waals surface area contributed by atoms with Crippen molar-refractivity contribution in [2.75, 3.05) is 0 Å².